The molecule has 2 aromatic heterocycles. The Morgan fingerprint density at radius 2 is 1.63 bits per heavy atom. The molecule has 0 bridgehead atoms. The lowest BCUT2D eigenvalue weighted by molar-refractivity contribution is -0.109. The lowest BCUT2D eigenvalue weighted by Gasteiger charge is -2.27. The van der Waals surface area contributed by atoms with Gasteiger partial charge in [-0.3, -0.25) is 10.1 Å². The largest absolute Gasteiger partial charge is 0.444 e. The zero-order valence-corrected chi connectivity index (χ0v) is 31.3. The monoisotopic (exact) mass is 700 g/mol. The molecule has 2 fully saturated rings. The highest BCUT2D eigenvalue weighted by Crippen LogP contribution is 2.36. The highest BCUT2D eigenvalue weighted by molar-refractivity contribution is 6.31. The van der Waals surface area contributed by atoms with Gasteiger partial charge in [-0.05, 0) is 96.9 Å². The molecular weight excluding hydrogens is 648 g/mol. The Balaban J connectivity index is 0.000000722. The van der Waals surface area contributed by atoms with Crippen LogP contribution in [0, 0.1) is 6.92 Å². The van der Waals surface area contributed by atoms with Crippen LogP contribution in [0.25, 0.3) is 11.2 Å². The van der Waals surface area contributed by atoms with Crippen molar-refractivity contribution in [2.75, 3.05) is 23.3 Å². The number of halogens is 1. The van der Waals surface area contributed by atoms with Gasteiger partial charge in [0.05, 0.1) is 18.9 Å². The molecule has 3 amide bonds. The summed E-state index contributed by atoms with van der Waals surface area (Å²) in [4.78, 5) is 49.8. The normalized spacial score (nSPS) is 15.7. The highest BCUT2D eigenvalue weighted by Gasteiger charge is 2.29. The molecule has 49 heavy (non-hydrogen) atoms. The van der Waals surface area contributed by atoms with Gasteiger partial charge in [0, 0.05) is 29.8 Å². The number of carbonyl (C=O) groups is 3. The Labute approximate surface area is 294 Å². The molecule has 1 aromatic carbocycles. The standard InChI is InChI=1S/C29H40ClN7O4.C4H7NO.C2H6/c1-9-19-17(2)21(30)12-22(36-11-10-18(13-36)34-26(38)40-28(3,4)5)20(19)14-37-16-33-23-24(31-15-32-25(23)37)35-27(39)41-29(6,7)8;6-3-5-4-1-2-4;1-2/h12,15-16,18H,9-11,13-14H2,1-8H3,(H,34,38)(H,31,32,35,39);3-4H,1-2H2,(H,5,6);1-2H3. The molecule has 5 rings (SSSR count). The Morgan fingerprint density at radius 3 is 2.20 bits per heavy atom. The molecule has 1 aliphatic carbocycles. The number of amides is 3. The summed E-state index contributed by atoms with van der Waals surface area (Å²) in [5.74, 6) is 0.279. The molecule has 1 atom stereocenters. The molecule has 3 heterocycles. The number of anilines is 2. The maximum absolute atomic E-state index is 12.4. The second-order valence-corrected chi connectivity index (χ2v) is 14.3. The number of rotatable bonds is 8. The second-order valence-electron chi connectivity index (χ2n) is 13.8. The number of fused-ring (bicyclic) bond motifs is 1. The minimum atomic E-state index is -0.647. The maximum Gasteiger partial charge on any atom is 0.413 e. The number of carbonyl (C=O) groups excluding carboxylic acids is 3. The number of aromatic nitrogens is 4. The minimum absolute atomic E-state index is 0.0499. The van der Waals surface area contributed by atoms with E-state index in [4.69, 9.17) is 21.1 Å². The predicted octanol–water partition coefficient (Wildman–Crippen LogP) is 6.77. The van der Waals surface area contributed by atoms with Gasteiger partial charge in [-0.15, -0.1) is 0 Å². The lowest BCUT2D eigenvalue weighted by atomic mass is 9.96. The molecular formula is C35H53ClN8O5. The first-order valence-electron chi connectivity index (χ1n) is 17.0. The quantitative estimate of drug-likeness (QED) is 0.216. The summed E-state index contributed by atoms with van der Waals surface area (Å²) in [6, 6.07) is 2.49. The van der Waals surface area contributed by atoms with Crippen molar-refractivity contribution in [3.05, 3.63) is 40.4 Å². The smallest absolute Gasteiger partial charge is 0.413 e. The molecule has 14 heteroatoms. The third-order valence-corrected chi connectivity index (χ3v) is 7.97. The first-order valence-corrected chi connectivity index (χ1v) is 17.4. The first-order chi connectivity index (χ1) is 23.1. The summed E-state index contributed by atoms with van der Waals surface area (Å²) in [7, 11) is 0. The number of benzene rings is 1. The topological polar surface area (TPSA) is 153 Å². The van der Waals surface area contributed by atoms with Crippen LogP contribution >= 0.6 is 11.6 Å². The fraction of sp³-hybridized carbons (Fsp3) is 0.600. The van der Waals surface area contributed by atoms with Crippen LogP contribution in [0.4, 0.5) is 21.1 Å². The van der Waals surface area contributed by atoms with Gasteiger partial charge >= 0.3 is 12.2 Å². The van der Waals surface area contributed by atoms with E-state index >= 15 is 0 Å². The Hall–Kier alpha value is -4.13. The lowest BCUT2D eigenvalue weighted by Crippen LogP contribution is -2.40. The van der Waals surface area contributed by atoms with Crippen LogP contribution in [0.3, 0.4) is 0 Å². The van der Waals surface area contributed by atoms with E-state index in [1.807, 2.05) is 52.2 Å². The molecule has 270 valence electrons. The van der Waals surface area contributed by atoms with Crippen molar-refractivity contribution in [1.82, 2.24) is 30.2 Å². The molecule has 0 radical (unpaired) electrons. The van der Waals surface area contributed by atoms with Crippen molar-refractivity contribution in [2.24, 2.45) is 0 Å². The SMILES string of the molecule is CC.CCc1c(C)c(Cl)cc(N2CCC(NC(=O)OC(C)(C)C)C2)c1Cn1cnc2c(NC(=O)OC(C)(C)C)ncnc21.O=CNC1CC1. The molecule has 1 unspecified atom stereocenters. The van der Waals surface area contributed by atoms with Crippen LogP contribution in [0.5, 0.6) is 0 Å². The number of nitrogens with one attached hydrogen (secondary N) is 3. The van der Waals surface area contributed by atoms with E-state index in [1.54, 1.807) is 27.1 Å². The Morgan fingerprint density at radius 1 is 0.980 bits per heavy atom. The number of hydrogen-bond acceptors (Lipinski definition) is 9. The van der Waals surface area contributed by atoms with Crippen LogP contribution < -0.4 is 20.9 Å². The summed E-state index contributed by atoms with van der Waals surface area (Å²) in [5, 5.41) is 9.03. The van der Waals surface area contributed by atoms with E-state index in [0.29, 0.717) is 35.3 Å². The third-order valence-electron chi connectivity index (χ3n) is 7.58. The second kappa shape index (κ2) is 17.0. The van der Waals surface area contributed by atoms with E-state index in [0.717, 1.165) is 48.2 Å². The van der Waals surface area contributed by atoms with Gasteiger partial charge < -0.3 is 29.6 Å². The fourth-order valence-electron chi connectivity index (χ4n) is 5.35. The third kappa shape index (κ3) is 11.5. The first kappa shape index (κ1) is 39.3. The van der Waals surface area contributed by atoms with Gasteiger partial charge in [0.2, 0.25) is 6.41 Å². The predicted molar refractivity (Wildman–Crippen MR) is 193 cm³/mol. The summed E-state index contributed by atoms with van der Waals surface area (Å²) >= 11 is 6.73. The van der Waals surface area contributed by atoms with Crippen LogP contribution in [0.1, 0.15) is 98.3 Å². The summed E-state index contributed by atoms with van der Waals surface area (Å²) in [6.07, 6.45) is 6.76. The highest BCUT2D eigenvalue weighted by atomic mass is 35.5. The Bertz CT molecular complexity index is 1590. The maximum atomic E-state index is 12.4. The minimum Gasteiger partial charge on any atom is -0.444 e. The average molecular weight is 701 g/mol. The number of ether oxygens (including phenoxy) is 2. The summed E-state index contributed by atoms with van der Waals surface area (Å²) in [5.41, 5.74) is 4.13. The number of alkyl carbamates (subject to hydrolysis) is 1. The zero-order valence-electron chi connectivity index (χ0n) is 30.6. The van der Waals surface area contributed by atoms with Gasteiger partial charge in [0.1, 0.15) is 17.5 Å². The summed E-state index contributed by atoms with van der Waals surface area (Å²) < 4.78 is 12.8. The van der Waals surface area contributed by atoms with Gasteiger partial charge in [-0.1, -0.05) is 32.4 Å². The number of nitrogens with zero attached hydrogens (tertiary/aromatic N) is 5. The van der Waals surface area contributed by atoms with E-state index in [1.165, 1.54) is 19.2 Å². The van der Waals surface area contributed by atoms with E-state index < -0.39 is 23.4 Å². The Kier molecular flexibility index (Phi) is 13.6. The molecule has 1 saturated carbocycles. The van der Waals surface area contributed by atoms with Gasteiger partial charge in [-0.25, -0.2) is 24.5 Å². The van der Waals surface area contributed by atoms with Gasteiger partial charge in [0.15, 0.2) is 17.0 Å². The molecule has 1 saturated heterocycles. The van der Waals surface area contributed by atoms with Crippen molar-refractivity contribution in [3.63, 3.8) is 0 Å². The van der Waals surface area contributed by atoms with E-state index in [-0.39, 0.29) is 11.9 Å². The zero-order chi connectivity index (χ0) is 36.5. The van der Waals surface area contributed by atoms with Gasteiger partial charge in [-0.2, -0.15) is 0 Å². The van der Waals surface area contributed by atoms with Crippen LogP contribution in [0.2, 0.25) is 5.02 Å². The van der Waals surface area contributed by atoms with E-state index in [2.05, 4.69) is 42.7 Å². The molecule has 3 aromatic rings. The van der Waals surface area contributed by atoms with Crippen molar-refractivity contribution in [1.29, 1.82) is 0 Å². The van der Waals surface area contributed by atoms with Crippen LogP contribution in [-0.4, -0.2) is 74.5 Å². The van der Waals surface area contributed by atoms with Crippen molar-refractivity contribution >= 4 is 52.9 Å². The number of imidazole rings is 1. The average Bonchev–Trinajstić information content (AvgIpc) is 3.55. The van der Waals surface area contributed by atoms with Crippen LogP contribution in [-0.2, 0) is 27.2 Å². The summed E-state index contributed by atoms with van der Waals surface area (Å²) in [6.45, 7) is 20.9. The molecule has 13 nitrogen and oxygen atoms in total. The van der Waals surface area contributed by atoms with Crippen LogP contribution in [0.15, 0.2) is 18.7 Å². The van der Waals surface area contributed by atoms with Crippen molar-refractivity contribution < 1.29 is 23.9 Å². The molecule has 1 aliphatic heterocycles. The van der Waals surface area contributed by atoms with Crippen molar-refractivity contribution in [2.45, 2.75) is 125 Å². The fourth-order valence-corrected chi connectivity index (χ4v) is 5.57. The molecule has 3 N–H and O–H groups in total. The number of hydrogen-bond donors (Lipinski definition) is 3. The van der Waals surface area contributed by atoms with E-state index in [9.17, 15) is 14.4 Å². The van der Waals surface area contributed by atoms with Crippen molar-refractivity contribution in [3.8, 4) is 0 Å². The molecule has 0 spiro atoms. The molecule has 2 aliphatic rings. The van der Waals surface area contributed by atoms with Gasteiger partial charge in [0.25, 0.3) is 0 Å².